The van der Waals surface area contributed by atoms with Gasteiger partial charge >= 0.3 is 5.97 Å². The molecule has 2 atom stereocenters. The summed E-state index contributed by atoms with van der Waals surface area (Å²) in [5.41, 5.74) is 0. The second-order valence-electron chi connectivity index (χ2n) is 17.2. The van der Waals surface area contributed by atoms with Crippen LogP contribution in [0.1, 0.15) is 277 Å². The molecular weight excluding hydrogens is 683 g/mol. The normalized spacial score (nSPS) is 12.6. The highest BCUT2D eigenvalue weighted by atomic mass is 16.5. The summed E-state index contributed by atoms with van der Waals surface area (Å²) in [6.07, 6.45) is 49.2. The van der Waals surface area contributed by atoms with Crippen molar-refractivity contribution in [3.63, 3.8) is 0 Å². The first kappa shape index (κ1) is 53.9. The first-order chi connectivity index (χ1) is 27.0. The molecule has 2 unspecified atom stereocenters. The van der Waals surface area contributed by atoms with E-state index in [9.17, 15) is 19.8 Å². The monoisotopic (exact) mass is 780 g/mol. The number of esters is 1. The predicted octanol–water partition coefficient (Wildman–Crippen LogP) is 14.4. The van der Waals surface area contributed by atoms with Crippen LogP contribution in [0.4, 0.5) is 0 Å². The maximum absolute atomic E-state index is 12.4. The number of aliphatic hydroxyl groups is 2. The van der Waals surface area contributed by atoms with Crippen molar-refractivity contribution in [3.05, 3.63) is 0 Å². The molecule has 0 spiro atoms. The van der Waals surface area contributed by atoms with Gasteiger partial charge < -0.3 is 20.3 Å². The molecule has 6 nitrogen and oxygen atoms in total. The minimum Gasteiger partial charge on any atom is -0.466 e. The van der Waals surface area contributed by atoms with E-state index in [1.165, 1.54) is 199 Å². The number of nitrogens with one attached hydrogen (secondary N) is 1. The number of hydrogen-bond acceptors (Lipinski definition) is 5. The number of hydrogen-bond donors (Lipinski definition) is 3. The van der Waals surface area contributed by atoms with E-state index in [0.29, 0.717) is 25.9 Å². The van der Waals surface area contributed by atoms with Crippen LogP contribution in [-0.2, 0) is 14.3 Å². The highest BCUT2D eigenvalue weighted by molar-refractivity contribution is 5.76. The van der Waals surface area contributed by atoms with Gasteiger partial charge in [0.25, 0.3) is 0 Å². The van der Waals surface area contributed by atoms with Crippen LogP contribution in [0.2, 0.25) is 0 Å². The average Bonchev–Trinajstić information content (AvgIpc) is 3.18. The van der Waals surface area contributed by atoms with Crippen LogP contribution in [0.15, 0.2) is 0 Å². The molecule has 0 aliphatic heterocycles. The van der Waals surface area contributed by atoms with Crippen molar-refractivity contribution in [1.82, 2.24) is 5.32 Å². The highest BCUT2D eigenvalue weighted by Crippen LogP contribution is 2.17. The number of aliphatic hydroxyl groups excluding tert-OH is 2. The SMILES string of the molecule is CCCCCCCCCCCCCCC(=O)OCCCCCCCCCCCCCCCCCC(=O)NC(CO)C(O)CCCCCCCCCCCCC. The number of ether oxygens (including phenoxy) is 1. The Morgan fingerprint density at radius 2 is 0.745 bits per heavy atom. The van der Waals surface area contributed by atoms with Crippen molar-refractivity contribution >= 4 is 11.9 Å². The Labute approximate surface area is 343 Å². The fraction of sp³-hybridized carbons (Fsp3) is 0.959. The van der Waals surface area contributed by atoms with E-state index in [1.807, 2.05) is 0 Å². The zero-order valence-corrected chi connectivity index (χ0v) is 37.2. The van der Waals surface area contributed by atoms with Gasteiger partial charge in [0.1, 0.15) is 0 Å². The zero-order chi connectivity index (χ0) is 40.1. The standard InChI is InChI=1S/C49H97NO5/c1-3-5-7-9-11-13-15-23-27-31-35-39-43-49(54)55-44-40-36-32-28-24-20-18-16-17-19-22-26-30-34-38-42-48(53)50-46(45-51)47(52)41-37-33-29-25-21-14-12-10-8-6-4-2/h46-47,51-52H,3-45H2,1-2H3,(H,50,53). The quantitative estimate of drug-likeness (QED) is 0.0422. The molecule has 0 aromatic rings. The lowest BCUT2D eigenvalue weighted by Crippen LogP contribution is -2.45. The molecular formula is C49H97NO5. The van der Waals surface area contributed by atoms with Gasteiger partial charge in [-0.05, 0) is 25.7 Å². The van der Waals surface area contributed by atoms with Crippen LogP contribution < -0.4 is 5.32 Å². The van der Waals surface area contributed by atoms with Gasteiger partial charge in [-0.3, -0.25) is 9.59 Å². The van der Waals surface area contributed by atoms with Crippen LogP contribution in [0, 0.1) is 0 Å². The van der Waals surface area contributed by atoms with E-state index in [0.717, 1.165) is 44.9 Å². The minimum atomic E-state index is -0.666. The van der Waals surface area contributed by atoms with E-state index in [-0.39, 0.29) is 18.5 Å². The zero-order valence-electron chi connectivity index (χ0n) is 37.2. The third-order valence-corrected chi connectivity index (χ3v) is 11.7. The molecule has 0 rings (SSSR count). The Bertz CT molecular complexity index is 776. The fourth-order valence-electron chi connectivity index (χ4n) is 7.82. The van der Waals surface area contributed by atoms with Crippen molar-refractivity contribution < 1.29 is 24.5 Å². The van der Waals surface area contributed by atoms with Gasteiger partial charge in [-0.2, -0.15) is 0 Å². The molecule has 0 radical (unpaired) electrons. The Morgan fingerprint density at radius 1 is 0.436 bits per heavy atom. The minimum absolute atomic E-state index is 0.00154. The van der Waals surface area contributed by atoms with Crippen molar-refractivity contribution in [2.45, 2.75) is 289 Å². The van der Waals surface area contributed by atoms with E-state index in [1.54, 1.807) is 0 Å². The van der Waals surface area contributed by atoms with Gasteiger partial charge in [0.2, 0.25) is 5.91 Å². The van der Waals surface area contributed by atoms with E-state index >= 15 is 0 Å². The molecule has 3 N–H and O–H groups in total. The molecule has 0 saturated carbocycles. The van der Waals surface area contributed by atoms with Gasteiger partial charge in [0.05, 0.1) is 25.4 Å². The number of amides is 1. The summed E-state index contributed by atoms with van der Waals surface area (Å²) < 4.78 is 5.45. The molecule has 0 aromatic heterocycles. The Balaban J connectivity index is 3.41. The van der Waals surface area contributed by atoms with Crippen molar-refractivity contribution in [3.8, 4) is 0 Å². The van der Waals surface area contributed by atoms with Crippen LogP contribution in [-0.4, -0.2) is 47.4 Å². The summed E-state index contributed by atoms with van der Waals surface area (Å²) in [6, 6.07) is -0.544. The Morgan fingerprint density at radius 3 is 1.11 bits per heavy atom. The van der Waals surface area contributed by atoms with Gasteiger partial charge in [0, 0.05) is 12.8 Å². The molecule has 0 aliphatic rings. The van der Waals surface area contributed by atoms with Crippen molar-refractivity contribution in [1.29, 1.82) is 0 Å². The first-order valence-electron chi connectivity index (χ1n) is 24.8. The van der Waals surface area contributed by atoms with Crippen molar-refractivity contribution in [2.75, 3.05) is 13.2 Å². The summed E-state index contributed by atoms with van der Waals surface area (Å²) in [5.74, 6) is -0.0420. The van der Waals surface area contributed by atoms with Gasteiger partial charge in [-0.1, -0.05) is 239 Å². The number of carbonyl (C=O) groups excluding carboxylic acids is 2. The third kappa shape index (κ3) is 42.3. The summed E-state index contributed by atoms with van der Waals surface area (Å²) in [7, 11) is 0. The number of unbranched alkanes of at least 4 members (excludes halogenated alkanes) is 35. The molecule has 0 aromatic carbocycles. The second-order valence-corrected chi connectivity index (χ2v) is 17.2. The lowest BCUT2D eigenvalue weighted by Gasteiger charge is -2.22. The van der Waals surface area contributed by atoms with Gasteiger partial charge in [-0.15, -0.1) is 0 Å². The summed E-state index contributed by atoms with van der Waals surface area (Å²) in [4.78, 5) is 24.4. The number of rotatable bonds is 46. The number of carbonyl (C=O) groups is 2. The van der Waals surface area contributed by atoms with Gasteiger partial charge in [0.15, 0.2) is 0 Å². The molecule has 0 heterocycles. The third-order valence-electron chi connectivity index (χ3n) is 11.7. The van der Waals surface area contributed by atoms with E-state index in [2.05, 4.69) is 19.2 Å². The first-order valence-corrected chi connectivity index (χ1v) is 24.8. The van der Waals surface area contributed by atoms with Crippen LogP contribution in [0.5, 0.6) is 0 Å². The summed E-state index contributed by atoms with van der Waals surface area (Å²) in [5, 5.41) is 23.1. The van der Waals surface area contributed by atoms with Crippen molar-refractivity contribution in [2.24, 2.45) is 0 Å². The molecule has 1 amide bonds. The Kier molecular flexibility index (Phi) is 44.6. The predicted molar refractivity (Wildman–Crippen MR) is 237 cm³/mol. The summed E-state index contributed by atoms with van der Waals surface area (Å²) in [6.45, 7) is 4.93. The molecule has 0 saturated heterocycles. The average molecular weight is 780 g/mol. The van der Waals surface area contributed by atoms with Gasteiger partial charge in [-0.25, -0.2) is 0 Å². The maximum atomic E-state index is 12.4. The molecule has 55 heavy (non-hydrogen) atoms. The highest BCUT2D eigenvalue weighted by Gasteiger charge is 2.20. The molecule has 6 heteroatoms. The summed E-state index contributed by atoms with van der Waals surface area (Å²) >= 11 is 0. The second kappa shape index (κ2) is 45.6. The van der Waals surface area contributed by atoms with Crippen LogP contribution in [0.3, 0.4) is 0 Å². The van der Waals surface area contributed by atoms with E-state index in [4.69, 9.17) is 4.74 Å². The van der Waals surface area contributed by atoms with Crippen LogP contribution in [0.25, 0.3) is 0 Å². The largest absolute Gasteiger partial charge is 0.466 e. The molecule has 0 fully saturated rings. The fourth-order valence-corrected chi connectivity index (χ4v) is 7.82. The maximum Gasteiger partial charge on any atom is 0.305 e. The lowest BCUT2D eigenvalue weighted by molar-refractivity contribution is -0.143. The smallest absolute Gasteiger partial charge is 0.305 e. The van der Waals surface area contributed by atoms with E-state index < -0.39 is 12.1 Å². The lowest BCUT2D eigenvalue weighted by atomic mass is 10.0. The molecule has 0 aliphatic carbocycles. The topological polar surface area (TPSA) is 95.9 Å². The van der Waals surface area contributed by atoms with Crippen LogP contribution >= 0.6 is 0 Å². The molecule has 328 valence electrons. The molecule has 0 bridgehead atoms. The Hall–Kier alpha value is -1.14.